The molecule has 120 valence electrons. The number of benzene rings is 1. The van der Waals surface area contributed by atoms with Gasteiger partial charge in [0.05, 0.1) is 20.9 Å². The summed E-state index contributed by atoms with van der Waals surface area (Å²) in [5.74, 6) is -0.655. The van der Waals surface area contributed by atoms with Crippen molar-refractivity contribution in [3.63, 3.8) is 0 Å². The van der Waals surface area contributed by atoms with Gasteiger partial charge in [0.1, 0.15) is 5.56 Å². The van der Waals surface area contributed by atoms with Crippen molar-refractivity contribution in [3.8, 4) is 0 Å². The average Bonchev–Trinajstić information content (AvgIpc) is 3.16. The largest absolute Gasteiger partial charge is 0.397 e. The number of fused-ring (bicyclic) bond motifs is 3. The lowest BCUT2D eigenvalue weighted by molar-refractivity contribution is 0.102. The highest BCUT2D eigenvalue weighted by Gasteiger charge is 2.18. The molecule has 10 nitrogen and oxygen atoms in total. The van der Waals surface area contributed by atoms with E-state index in [1.165, 1.54) is 21.9 Å². The fourth-order valence-corrected chi connectivity index (χ4v) is 3.42. The molecule has 4 N–H and O–H groups in total. The van der Waals surface area contributed by atoms with Crippen molar-refractivity contribution in [2.75, 3.05) is 11.1 Å². The first-order chi connectivity index (χ1) is 11.5. The lowest BCUT2D eigenvalue weighted by Gasteiger charge is -2.02. The van der Waals surface area contributed by atoms with Gasteiger partial charge in [0.25, 0.3) is 11.5 Å². The molecule has 1 aromatic carbocycles. The Labute approximate surface area is 141 Å². The molecule has 4 rings (SSSR count). The van der Waals surface area contributed by atoms with Crippen LogP contribution < -0.4 is 16.6 Å². The summed E-state index contributed by atoms with van der Waals surface area (Å²) in [7, 11) is 0. The van der Waals surface area contributed by atoms with Gasteiger partial charge in [0.2, 0.25) is 5.95 Å². The fourth-order valence-electron chi connectivity index (χ4n) is 2.18. The number of tetrazole rings is 1. The molecule has 3 aromatic heterocycles. The molecule has 0 aliphatic rings. The number of carbonyl (C=O) groups excluding carboxylic acids is 1. The van der Waals surface area contributed by atoms with E-state index < -0.39 is 11.5 Å². The predicted octanol–water partition coefficient (Wildman–Crippen LogP) is 0.910. The Kier molecular flexibility index (Phi) is 3.18. The van der Waals surface area contributed by atoms with Gasteiger partial charge in [-0.05, 0) is 22.6 Å². The second-order valence-electron chi connectivity index (χ2n) is 4.74. The summed E-state index contributed by atoms with van der Waals surface area (Å²) in [5, 5.41) is 15.3. The number of anilines is 2. The van der Waals surface area contributed by atoms with Crippen LogP contribution in [0.3, 0.4) is 0 Å². The van der Waals surface area contributed by atoms with E-state index in [1.807, 2.05) is 0 Å². The van der Waals surface area contributed by atoms with Crippen LogP contribution >= 0.6 is 22.9 Å². The van der Waals surface area contributed by atoms with Gasteiger partial charge in [-0.15, -0.1) is 0 Å². The first kappa shape index (κ1) is 14.5. The maximum absolute atomic E-state index is 12.7. The van der Waals surface area contributed by atoms with Gasteiger partial charge in [-0.1, -0.05) is 28.0 Å². The quantitative estimate of drug-likeness (QED) is 0.449. The molecule has 1 amide bonds. The SMILES string of the molecule is Nc1cc2c(cc1Cl)sc1ncc(C(=O)Nc3nnn[nH]3)c(=O)n12. The van der Waals surface area contributed by atoms with Crippen LogP contribution in [0.2, 0.25) is 5.02 Å². The molecule has 12 heteroatoms. The summed E-state index contributed by atoms with van der Waals surface area (Å²) < 4.78 is 2.05. The number of nitrogens with two attached hydrogens (primary N) is 1. The molecular formula is C12H7ClN8O2S. The van der Waals surface area contributed by atoms with Crippen LogP contribution in [0.1, 0.15) is 10.4 Å². The van der Waals surface area contributed by atoms with Crippen molar-refractivity contribution in [1.29, 1.82) is 0 Å². The molecule has 0 aliphatic carbocycles. The summed E-state index contributed by atoms with van der Waals surface area (Å²) >= 11 is 7.27. The molecule has 3 heterocycles. The van der Waals surface area contributed by atoms with Crippen molar-refractivity contribution >= 4 is 55.7 Å². The van der Waals surface area contributed by atoms with E-state index in [0.717, 1.165) is 4.70 Å². The maximum atomic E-state index is 12.7. The third-order valence-electron chi connectivity index (χ3n) is 3.27. The van der Waals surface area contributed by atoms with Gasteiger partial charge in [0.15, 0.2) is 4.96 Å². The molecule has 0 saturated carbocycles. The Hall–Kier alpha value is -3.05. The Morgan fingerprint density at radius 1 is 1.42 bits per heavy atom. The van der Waals surface area contributed by atoms with Crippen LogP contribution in [-0.2, 0) is 0 Å². The van der Waals surface area contributed by atoms with E-state index in [0.29, 0.717) is 21.2 Å². The first-order valence-electron chi connectivity index (χ1n) is 6.49. The number of aromatic amines is 1. The number of thiazole rings is 1. The number of H-pyrrole nitrogens is 1. The molecule has 0 spiro atoms. The zero-order valence-corrected chi connectivity index (χ0v) is 13.2. The van der Waals surface area contributed by atoms with Crippen LogP contribution in [0, 0.1) is 0 Å². The number of aromatic nitrogens is 6. The van der Waals surface area contributed by atoms with Crippen molar-refractivity contribution in [1.82, 2.24) is 30.0 Å². The minimum absolute atomic E-state index is 0.0238. The minimum atomic E-state index is -0.679. The number of nitrogen functional groups attached to an aromatic ring is 1. The predicted molar refractivity (Wildman–Crippen MR) is 88.4 cm³/mol. The Morgan fingerprint density at radius 3 is 3.00 bits per heavy atom. The van der Waals surface area contributed by atoms with Crippen molar-refractivity contribution in [2.24, 2.45) is 0 Å². The number of halogens is 1. The van der Waals surface area contributed by atoms with Crippen LogP contribution in [0.25, 0.3) is 15.2 Å². The van der Waals surface area contributed by atoms with E-state index in [2.05, 4.69) is 30.9 Å². The number of hydrogen-bond acceptors (Lipinski definition) is 8. The summed E-state index contributed by atoms with van der Waals surface area (Å²) in [6.45, 7) is 0. The number of carbonyl (C=O) groups is 1. The smallest absolute Gasteiger partial charge is 0.271 e. The van der Waals surface area contributed by atoms with Crippen LogP contribution in [-0.4, -0.2) is 35.9 Å². The van der Waals surface area contributed by atoms with E-state index in [9.17, 15) is 9.59 Å². The molecule has 0 atom stereocenters. The van der Waals surface area contributed by atoms with Gasteiger partial charge in [-0.25, -0.2) is 10.1 Å². The Morgan fingerprint density at radius 2 is 2.25 bits per heavy atom. The molecular weight excluding hydrogens is 356 g/mol. The lowest BCUT2D eigenvalue weighted by Crippen LogP contribution is -2.26. The van der Waals surface area contributed by atoms with Gasteiger partial charge in [-0.2, -0.15) is 0 Å². The third kappa shape index (κ3) is 2.18. The molecule has 0 bridgehead atoms. The standard InChI is InChI=1S/C12H7ClN8O2S/c13-5-1-8-7(2-6(5)14)21-10(23)4(3-15-12(21)24-8)9(22)16-11-17-19-20-18-11/h1-3H,14H2,(H2,16,17,18,19,20,22). The van der Waals surface area contributed by atoms with Gasteiger partial charge in [0, 0.05) is 6.20 Å². The van der Waals surface area contributed by atoms with Crippen LogP contribution in [0.4, 0.5) is 11.6 Å². The summed E-state index contributed by atoms with van der Waals surface area (Å²) in [6, 6.07) is 3.23. The fraction of sp³-hybridized carbons (Fsp3) is 0. The number of rotatable bonds is 2. The zero-order chi connectivity index (χ0) is 16.8. The van der Waals surface area contributed by atoms with Crippen LogP contribution in [0.5, 0.6) is 0 Å². The second kappa shape index (κ2) is 5.25. The highest BCUT2D eigenvalue weighted by Crippen LogP contribution is 2.30. The summed E-state index contributed by atoms with van der Waals surface area (Å²) in [5.41, 5.74) is 5.99. The molecule has 0 fully saturated rings. The monoisotopic (exact) mass is 362 g/mol. The topological polar surface area (TPSA) is 144 Å². The van der Waals surface area contributed by atoms with Crippen LogP contribution in [0.15, 0.2) is 23.1 Å². The number of amides is 1. The van der Waals surface area contributed by atoms with E-state index in [-0.39, 0.29) is 11.5 Å². The van der Waals surface area contributed by atoms with Gasteiger partial charge >= 0.3 is 0 Å². The first-order valence-corrected chi connectivity index (χ1v) is 7.68. The highest BCUT2D eigenvalue weighted by molar-refractivity contribution is 7.23. The second-order valence-corrected chi connectivity index (χ2v) is 6.16. The van der Waals surface area contributed by atoms with Gasteiger partial charge in [-0.3, -0.25) is 19.3 Å². The minimum Gasteiger partial charge on any atom is -0.397 e. The number of nitrogens with zero attached hydrogens (tertiary/aromatic N) is 5. The van der Waals surface area contributed by atoms with E-state index in [4.69, 9.17) is 17.3 Å². The molecule has 24 heavy (non-hydrogen) atoms. The van der Waals surface area contributed by atoms with Gasteiger partial charge < -0.3 is 5.73 Å². The highest BCUT2D eigenvalue weighted by atomic mass is 35.5. The molecule has 0 radical (unpaired) electrons. The molecule has 0 unspecified atom stereocenters. The molecule has 0 aliphatic heterocycles. The van der Waals surface area contributed by atoms with Crippen molar-refractivity contribution < 1.29 is 4.79 Å². The Balaban J connectivity index is 1.91. The third-order valence-corrected chi connectivity index (χ3v) is 4.62. The average molecular weight is 363 g/mol. The summed E-state index contributed by atoms with van der Waals surface area (Å²) in [6.07, 6.45) is 1.21. The van der Waals surface area contributed by atoms with Crippen molar-refractivity contribution in [2.45, 2.75) is 0 Å². The maximum Gasteiger partial charge on any atom is 0.271 e. The Bertz CT molecular complexity index is 1150. The van der Waals surface area contributed by atoms with E-state index >= 15 is 0 Å². The molecule has 0 saturated heterocycles. The number of nitrogens with one attached hydrogen (secondary N) is 2. The molecule has 4 aromatic rings. The summed E-state index contributed by atoms with van der Waals surface area (Å²) in [4.78, 5) is 29.5. The normalized spacial score (nSPS) is 11.2. The number of hydrogen-bond donors (Lipinski definition) is 3. The lowest BCUT2D eigenvalue weighted by atomic mass is 10.3. The van der Waals surface area contributed by atoms with Crippen molar-refractivity contribution in [3.05, 3.63) is 39.3 Å². The van der Waals surface area contributed by atoms with E-state index in [1.54, 1.807) is 12.1 Å². The zero-order valence-electron chi connectivity index (χ0n) is 11.6.